The van der Waals surface area contributed by atoms with Crippen LogP contribution in [0.2, 0.25) is 0 Å². The minimum Gasteiger partial charge on any atom is -0.469 e. The second-order valence-corrected chi connectivity index (χ2v) is 32.4. The minimum atomic E-state index is -1.66. The molecule has 0 unspecified atom stereocenters. The number of likely N-dealkylation sites (N-methyl/N-ethyl adjacent to an activating group) is 7. The Balaban J connectivity index is 4.63. The van der Waals surface area contributed by atoms with Crippen molar-refractivity contribution in [2.24, 2.45) is 47.2 Å². The van der Waals surface area contributed by atoms with Crippen LogP contribution in [-0.4, -0.2) is 256 Å². The molecule has 26 nitrogen and oxygen atoms in total. The highest BCUT2D eigenvalue weighted by Gasteiger charge is 2.47. The fourth-order valence-corrected chi connectivity index (χ4v) is 13.7. The molecule has 1 aliphatic heterocycles. The van der Waals surface area contributed by atoms with Crippen molar-refractivity contribution in [1.82, 2.24) is 55.6 Å². The standard InChI is InChI=1S/C72H132N12O14S/c1-27-50-66(92)82(23)55(40-99-72(17,18)34-33-56(85)98-26)69(95)78(19)52(37-42(4)5)63(89)77-57(45(10)11)70(96)79(20)51(36-41(2)3)62(88)74-48(15)61(87)75-49(16)65(91)80(21)53(38-43(6)7)67(93)81(22)54(39-44(8)9)68(94)83(24)58(46(12)13)71(97)84(25)59(64(90)76-50)60(86)47(14)32-30-28-29-31-35-73/h41-55,57-60,86H,27-40,73H2,1-26H3,(H,74,88)(H,75,87)(H,76,90)(H,77,89)/t47-,48-,49+,50+,51-,52+,53+,54+,55-,57-,58+,59+,60-/m1/s1. The topological polar surface area (TPSA) is 331 Å². The van der Waals surface area contributed by atoms with Gasteiger partial charge in [0.2, 0.25) is 65.0 Å². The van der Waals surface area contributed by atoms with E-state index in [1.54, 1.807) is 41.5 Å². The van der Waals surface area contributed by atoms with Gasteiger partial charge in [-0.2, -0.15) is 11.8 Å². The molecule has 1 rings (SSSR count). The number of methoxy groups -OCH3 is 1. The first-order valence-corrected chi connectivity index (χ1v) is 36.9. The molecule has 11 amide bonds. The third-order valence-corrected chi connectivity index (χ3v) is 20.5. The van der Waals surface area contributed by atoms with Crippen molar-refractivity contribution in [1.29, 1.82) is 0 Å². The fourth-order valence-electron chi connectivity index (χ4n) is 12.5. The van der Waals surface area contributed by atoms with Crippen LogP contribution in [0.4, 0.5) is 0 Å². The maximum Gasteiger partial charge on any atom is 0.305 e. The van der Waals surface area contributed by atoms with Crippen LogP contribution >= 0.6 is 11.8 Å². The van der Waals surface area contributed by atoms with Crippen molar-refractivity contribution in [2.75, 3.05) is 68.7 Å². The number of ether oxygens (including phenoxy) is 1. The van der Waals surface area contributed by atoms with Crippen molar-refractivity contribution in [3.8, 4) is 0 Å². The lowest BCUT2D eigenvalue weighted by atomic mass is 9.90. The molecule has 27 heteroatoms. The third-order valence-electron chi connectivity index (χ3n) is 19.0. The van der Waals surface area contributed by atoms with Gasteiger partial charge in [0.15, 0.2) is 0 Å². The van der Waals surface area contributed by atoms with E-state index in [1.165, 1.54) is 111 Å². The van der Waals surface area contributed by atoms with E-state index < -0.39 is 166 Å². The monoisotopic (exact) mass is 1420 g/mol. The van der Waals surface area contributed by atoms with Gasteiger partial charge in [0, 0.05) is 66.3 Å². The van der Waals surface area contributed by atoms with Gasteiger partial charge in [-0.1, -0.05) is 130 Å². The van der Waals surface area contributed by atoms with Crippen LogP contribution in [0.25, 0.3) is 0 Å². The Morgan fingerprint density at radius 3 is 1.37 bits per heavy atom. The molecule has 0 aromatic carbocycles. The van der Waals surface area contributed by atoms with E-state index in [0.717, 1.165) is 24.2 Å². The van der Waals surface area contributed by atoms with Crippen LogP contribution in [-0.2, 0) is 62.3 Å². The van der Waals surface area contributed by atoms with E-state index in [4.69, 9.17) is 10.5 Å². The molecule has 0 aromatic rings. The number of nitrogens with zero attached hydrogens (tertiary/aromatic N) is 7. The number of carbonyl (C=O) groups is 12. The zero-order valence-electron chi connectivity index (χ0n) is 65.2. The first-order valence-electron chi connectivity index (χ1n) is 36.0. The molecule has 0 aromatic heterocycles. The summed E-state index contributed by atoms with van der Waals surface area (Å²) in [4.78, 5) is 186. The Hall–Kier alpha value is -6.09. The average Bonchev–Trinajstić information content (AvgIpc) is 0.804. The Morgan fingerprint density at radius 2 is 0.909 bits per heavy atom. The molecular formula is C72H132N12O14S. The predicted octanol–water partition coefficient (Wildman–Crippen LogP) is 5.05. The highest BCUT2D eigenvalue weighted by molar-refractivity contribution is 8.00. The van der Waals surface area contributed by atoms with E-state index in [2.05, 4.69) is 21.3 Å². The Morgan fingerprint density at radius 1 is 0.495 bits per heavy atom. The largest absolute Gasteiger partial charge is 0.469 e. The molecule has 1 aliphatic rings. The van der Waals surface area contributed by atoms with Crippen LogP contribution in [0.1, 0.15) is 202 Å². The van der Waals surface area contributed by atoms with Gasteiger partial charge in [-0.3, -0.25) is 57.5 Å². The van der Waals surface area contributed by atoms with Gasteiger partial charge in [0.25, 0.3) is 0 Å². The van der Waals surface area contributed by atoms with E-state index >= 15 is 33.6 Å². The quantitative estimate of drug-likeness (QED) is 0.0515. The normalized spacial score (nSPS) is 25.6. The number of aliphatic hydroxyl groups excluding tert-OH is 1. The number of aliphatic hydroxyl groups is 1. The Bertz CT molecular complexity index is 2680. The van der Waals surface area contributed by atoms with Gasteiger partial charge in [0.05, 0.1) is 13.2 Å². The molecule has 0 radical (unpaired) electrons. The number of amides is 11. The van der Waals surface area contributed by atoms with Gasteiger partial charge in [-0.15, -0.1) is 0 Å². The maximum absolute atomic E-state index is 15.6. The molecule has 0 spiro atoms. The van der Waals surface area contributed by atoms with Crippen LogP contribution in [0, 0.1) is 41.4 Å². The van der Waals surface area contributed by atoms with Crippen molar-refractivity contribution in [3.63, 3.8) is 0 Å². The smallest absolute Gasteiger partial charge is 0.305 e. The first-order chi connectivity index (χ1) is 45.8. The molecule has 1 heterocycles. The lowest BCUT2D eigenvalue weighted by molar-refractivity contribution is -0.157. The summed E-state index contributed by atoms with van der Waals surface area (Å²) in [6, 6.07) is -14.2. The summed E-state index contributed by atoms with van der Waals surface area (Å²) in [5.41, 5.74) is 5.79. The summed E-state index contributed by atoms with van der Waals surface area (Å²) < 4.78 is 4.24. The first kappa shape index (κ1) is 90.9. The number of carbonyl (C=O) groups excluding carboxylic acids is 12. The highest BCUT2D eigenvalue weighted by atomic mass is 32.2. The molecule has 7 N–H and O–H groups in total. The molecule has 570 valence electrons. The number of rotatable bonds is 25. The molecule has 1 fully saturated rings. The number of unbranched alkanes of at least 4 members (excludes halogenated alkanes) is 3. The number of thioether (sulfide) groups is 1. The molecular weight excluding hydrogens is 1290 g/mol. The molecule has 13 atom stereocenters. The van der Waals surface area contributed by atoms with Gasteiger partial charge in [0.1, 0.15) is 66.5 Å². The van der Waals surface area contributed by atoms with E-state index in [9.17, 15) is 29.1 Å². The number of esters is 1. The fraction of sp³-hybridized carbons (Fsp3) is 0.833. The van der Waals surface area contributed by atoms with Crippen molar-refractivity contribution >= 4 is 82.7 Å². The molecule has 1 saturated heterocycles. The van der Waals surface area contributed by atoms with E-state index in [-0.39, 0.29) is 67.9 Å². The van der Waals surface area contributed by atoms with Crippen LogP contribution in [0.5, 0.6) is 0 Å². The predicted molar refractivity (Wildman–Crippen MR) is 388 cm³/mol. The summed E-state index contributed by atoms with van der Waals surface area (Å²) in [6.45, 7) is 32.4. The minimum absolute atomic E-state index is 0.0396. The summed E-state index contributed by atoms with van der Waals surface area (Å²) in [7, 11) is 11.3. The average molecular weight is 1420 g/mol. The number of nitrogens with two attached hydrogens (primary N) is 1. The summed E-state index contributed by atoms with van der Waals surface area (Å²) in [5, 5.41) is 23.7. The third kappa shape index (κ3) is 27.3. The van der Waals surface area contributed by atoms with E-state index in [1.807, 2.05) is 69.2 Å². The molecule has 0 saturated carbocycles. The lowest BCUT2D eigenvalue weighted by Crippen LogP contribution is -2.64. The maximum atomic E-state index is 15.6. The summed E-state index contributed by atoms with van der Waals surface area (Å²) in [5.74, 6) is -10.7. The Kier molecular flexibility index (Phi) is 38.9. The van der Waals surface area contributed by atoms with Crippen molar-refractivity contribution in [3.05, 3.63) is 0 Å². The number of nitrogens with one attached hydrogen (secondary N) is 4. The van der Waals surface area contributed by atoms with Crippen molar-refractivity contribution < 1.29 is 67.4 Å². The Labute approximate surface area is 597 Å². The molecule has 99 heavy (non-hydrogen) atoms. The molecule has 0 bridgehead atoms. The summed E-state index contributed by atoms with van der Waals surface area (Å²) >= 11 is 1.30. The zero-order chi connectivity index (χ0) is 76.6. The second-order valence-electron chi connectivity index (χ2n) is 30.6. The van der Waals surface area contributed by atoms with Crippen LogP contribution < -0.4 is 27.0 Å². The number of hydrogen-bond acceptors (Lipinski definition) is 16. The second kappa shape index (κ2) is 42.4. The zero-order valence-corrected chi connectivity index (χ0v) is 66.1. The van der Waals surface area contributed by atoms with Gasteiger partial charge in [-0.05, 0) is 113 Å². The highest BCUT2D eigenvalue weighted by Crippen LogP contribution is 2.33. The summed E-state index contributed by atoms with van der Waals surface area (Å²) in [6.07, 6.45) is 2.79. The van der Waals surface area contributed by atoms with Crippen LogP contribution in [0.15, 0.2) is 0 Å². The SMILES string of the molecule is CC[C@@H]1NC(=O)[C@H]([C@H](O)[C@H](C)CCCCCCN)N(C)C(=O)[C@H](C(C)C)N(C)C(=O)[C@H](CC(C)C)N(C)C(=O)[C@H](CC(C)C)N(C)C(=O)[C@H](C)NC(=O)[C@@H](C)NC(=O)[C@@H](CC(C)C)N(C)C(=O)[C@@H](C(C)C)NC(=O)[C@H](CC(C)C)N(C)C(=O)[C@@H](CSC(C)(C)CCC(=O)OC)N(C)C1=O. The van der Waals surface area contributed by atoms with Gasteiger partial charge < -0.3 is 71.1 Å². The van der Waals surface area contributed by atoms with Gasteiger partial charge in [-0.25, -0.2) is 0 Å². The van der Waals surface area contributed by atoms with Gasteiger partial charge >= 0.3 is 5.97 Å². The van der Waals surface area contributed by atoms with Crippen LogP contribution in [0.3, 0.4) is 0 Å². The lowest BCUT2D eigenvalue weighted by Gasteiger charge is -2.42. The number of hydrogen-bond donors (Lipinski definition) is 6. The van der Waals surface area contributed by atoms with Crippen molar-refractivity contribution in [2.45, 2.75) is 279 Å². The van der Waals surface area contributed by atoms with E-state index in [0.29, 0.717) is 25.8 Å². The molecule has 0 aliphatic carbocycles.